The van der Waals surface area contributed by atoms with Crippen molar-refractivity contribution in [3.05, 3.63) is 58.5 Å². The third kappa shape index (κ3) is 6.33. The first-order valence-corrected chi connectivity index (χ1v) is 12.7. The van der Waals surface area contributed by atoms with Crippen LogP contribution >= 0.6 is 11.3 Å². The van der Waals surface area contributed by atoms with Crippen LogP contribution in [0.25, 0.3) is 0 Å². The Balaban J connectivity index is 1.66. The number of ether oxygens (including phenoxy) is 3. The Labute approximate surface area is 197 Å². The van der Waals surface area contributed by atoms with Crippen LogP contribution in [0.2, 0.25) is 0 Å². The van der Waals surface area contributed by atoms with E-state index < -0.39 is 16.3 Å². The lowest BCUT2D eigenvalue weighted by molar-refractivity contribution is -0.146. The zero-order valence-electron chi connectivity index (χ0n) is 18.5. The van der Waals surface area contributed by atoms with Crippen LogP contribution in [0.5, 0.6) is 5.75 Å². The summed E-state index contributed by atoms with van der Waals surface area (Å²) in [5.74, 6) is 0.312. The number of thiophene rings is 1. The summed E-state index contributed by atoms with van der Waals surface area (Å²) in [5, 5.41) is 13.9. The second-order valence-corrected chi connectivity index (χ2v) is 10.1. The number of benzene rings is 1. The molecule has 0 bridgehead atoms. The summed E-state index contributed by atoms with van der Waals surface area (Å²) < 4.78 is 43.8. The minimum absolute atomic E-state index is 0.0114. The minimum atomic E-state index is -3.84. The molecule has 0 saturated carbocycles. The number of likely N-dealkylation sites (N-methyl/N-ethyl adjacent to an activating group) is 1. The van der Waals surface area contributed by atoms with Gasteiger partial charge in [-0.2, -0.15) is 4.31 Å². The number of aliphatic hydroxyl groups excluding tert-OH is 1. The number of nitrogens with one attached hydrogen (secondary N) is 1. The molecular weight excluding hydrogens is 468 g/mol. The van der Waals surface area contributed by atoms with Crippen molar-refractivity contribution < 1.29 is 32.5 Å². The Morgan fingerprint density at radius 1 is 1.27 bits per heavy atom. The third-order valence-corrected chi connectivity index (χ3v) is 8.02. The number of hydrogen-bond donors (Lipinski definition) is 2. The maximum absolute atomic E-state index is 13.0. The maximum Gasteiger partial charge on any atom is 0.285 e. The number of methoxy groups -OCH3 is 1. The number of aliphatic hydroxyl groups is 1. The number of sulfonamides is 1. The van der Waals surface area contributed by atoms with Gasteiger partial charge >= 0.3 is 0 Å². The van der Waals surface area contributed by atoms with Crippen LogP contribution in [-0.2, 0) is 24.3 Å². The molecule has 3 rings (SSSR count). The number of amides is 1. The van der Waals surface area contributed by atoms with Crippen LogP contribution in [-0.4, -0.2) is 70.5 Å². The molecule has 0 saturated heterocycles. The largest absolute Gasteiger partial charge is 0.497 e. The van der Waals surface area contributed by atoms with Crippen LogP contribution < -0.4 is 10.1 Å². The normalized spacial score (nSPS) is 18.5. The zero-order chi connectivity index (χ0) is 23.8. The van der Waals surface area contributed by atoms with E-state index in [0.717, 1.165) is 9.18 Å². The van der Waals surface area contributed by atoms with Gasteiger partial charge in [0.2, 0.25) is 16.3 Å². The number of rotatable bonds is 11. The molecular formula is C22H28N2O7S2. The molecule has 2 heterocycles. The van der Waals surface area contributed by atoms with Crippen molar-refractivity contribution in [3.8, 4) is 5.75 Å². The fraction of sp³-hybridized carbons (Fsp3) is 0.409. The smallest absolute Gasteiger partial charge is 0.285 e. The summed E-state index contributed by atoms with van der Waals surface area (Å²) >= 11 is 1.58. The van der Waals surface area contributed by atoms with Crippen molar-refractivity contribution >= 4 is 27.3 Å². The SMILES string of the molecule is CNC(=O)C1=C[C@H](c2cccs2)C[C@H](OCCN(CCO)S(=O)(=O)c2ccc(OC)cc2)O1. The lowest BCUT2D eigenvalue weighted by atomic mass is 10.00. The first-order valence-electron chi connectivity index (χ1n) is 10.4. The van der Waals surface area contributed by atoms with Gasteiger partial charge in [-0.1, -0.05) is 6.07 Å². The summed E-state index contributed by atoms with van der Waals surface area (Å²) in [6.07, 6.45) is 1.55. The molecule has 2 atom stereocenters. The van der Waals surface area contributed by atoms with Gasteiger partial charge in [0.25, 0.3) is 5.91 Å². The highest BCUT2D eigenvalue weighted by Gasteiger charge is 2.30. The Morgan fingerprint density at radius 3 is 2.64 bits per heavy atom. The molecule has 2 N–H and O–H groups in total. The number of allylic oxidation sites excluding steroid dienone is 1. The first kappa shape index (κ1) is 25.2. The van der Waals surface area contributed by atoms with Crippen LogP contribution in [0, 0.1) is 0 Å². The monoisotopic (exact) mass is 496 g/mol. The fourth-order valence-electron chi connectivity index (χ4n) is 3.39. The molecule has 11 heteroatoms. The molecule has 0 unspecified atom stereocenters. The van der Waals surface area contributed by atoms with Gasteiger partial charge in [-0.05, 0) is 41.8 Å². The maximum atomic E-state index is 13.0. The molecule has 180 valence electrons. The van der Waals surface area contributed by atoms with E-state index in [9.17, 15) is 18.3 Å². The van der Waals surface area contributed by atoms with E-state index in [1.54, 1.807) is 29.5 Å². The molecule has 33 heavy (non-hydrogen) atoms. The Morgan fingerprint density at radius 2 is 2.03 bits per heavy atom. The highest BCUT2D eigenvalue weighted by molar-refractivity contribution is 7.89. The van der Waals surface area contributed by atoms with E-state index in [2.05, 4.69) is 5.32 Å². The molecule has 1 aliphatic rings. The molecule has 1 amide bonds. The van der Waals surface area contributed by atoms with Gasteiger partial charge < -0.3 is 24.6 Å². The molecule has 0 spiro atoms. The molecule has 2 aromatic rings. The summed E-state index contributed by atoms with van der Waals surface area (Å²) in [6, 6.07) is 9.96. The lowest BCUT2D eigenvalue weighted by Gasteiger charge is -2.29. The van der Waals surface area contributed by atoms with Gasteiger partial charge in [0.1, 0.15) is 5.75 Å². The van der Waals surface area contributed by atoms with Crippen molar-refractivity contribution in [1.29, 1.82) is 0 Å². The molecule has 1 aliphatic heterocycles. The number of nitrogens with zero attached hydrogens (tertiary/aromatic N) is 1. The summed E-state index contributed by atoms with van der Waals surface area (Å²) in [6.45, 7) is -0.376. The molecule has 1 aromatic heterocycles. The average molecular weight is 497 g/mol. The van der Waals surface area contributed by atoms with Crippen molar-refractivity contribution in [1.82, 2.24) is 9.62 Å². The molecule has 9 nitrogen and oxygen atoms in total. The van der Waals surface area contributed by atoms with Gasteiger partial charge in [-0.15, -0.1) is 11.3 Å². The molecule has 1 aromatic carbocycles. The zero-order valence-corrected chi connectivity index (χ0v) is 20.1. The van der Waals surface area contributed by atoms with E-state index in [0.29, 0.717) is 12.2 Å². The summed E-state index contributed by atoms with van der Waals surface area (Å²) in [5.41, 5.74) is 0. The lowest BCUT2D eigenvalue weighted by Crippen LogP contribution is -2.38. The Kier molecular flexibility index (Phi) is 8.87. The quantitative estimate of drug-likeness (QED) is 0.488. The van der Waals surface area contributed by atoms with Gasteiger partial charge in [0.05, 0.1) is 25.2 Å². The van der Waals surface area contributed by atoms with Crippen LogP contribution in [0.1, 0.15) is 17.2 Å². The number of hydrogen-bond acceptors (Lipinski definition) is 8. The van der Waals surface area contributed by atoms with Gasteiger partial charge in [0, 0.05) is 37.4 Å². The van der Waals surface area contributed by atoms with Crippen molar-refractivity contribution in [2.45, 2.75) is 23.5 Å². The van der Waals surface area contributed by atoms with E-state index >= 15 is 0 Å². The highest BCUT2D eigenvalue weighted by atomic mass is 32.2. The van der Waals surface area contributed by atoms with Gasteiger partial charge in [-0.25, -0.2) is 8.42 Å². The predicted molar refractivity (Wildman–Crippen MR) is 123 cm³/mol. The third-order valence-electron chi connectivity index (χ3n) is 5.11. The Bertz CT molecular complexity index is 1040. The second kappa shape index (κ2) is 11.6. The summed E-state index contributed by atoms with van der Waals surface area (Å²) in [7, 11) is -0.821. The van der Waals surface area contributed by atoms with Gasteiger partial charge in [-0.3, -0.25) is 4.79 Å². The van der Waals surface area contributed by atoms with E-state index in [4.69, 9.17) is 14.2 Å². The van der Waals surface area contributed by atoms with Crippen molar-refractivity contribution in [2.24, 2.45) is 0 Å². The molecule has 0 aliphatic carbocycles. The Hall–Kier alpha value is -2.44. The second-order valence-electron chi connectivity index (χ2n) is 7.19. The topological polar surface area (TPSA) is 114 Å². The van der Waals surface area contributed by atoms with Crippen molar-refractivity contribution in [3.63, 3.8) is 0 Å². The van der Waals surface area contributed by atoms with Crippen LogP contribution in [0.3, 0.4) is 0 Å². The fourth-order valence-corrected chi connectivity index (χ4v) is 5.61. The number of carbonyl (C=O) groups excluding carboxylic acids is 1. The van der Waals surface area contributed by atoms with Crippen LogP contribution in [0.15, 0.2) is 58.5 Å². The molecule has 0 fully saturated rings. The standard InChI is InChI=1S/C22H28N2O7S2/c1-23-22(26)19-14-16(20-4-3-13-32-20)15-21(31-19)30-12-10-24(9-11-25)33(27,28)18-7-5-17(29-2)6-8-18/h3-8,13-14,16,21,25H,9-12,15H2,1-2H3,(H,23,26)/t16-,21+/m0/s1. The minimum Gasteiger partial charge on any atom is -0.497 e. The van der Waals surface area contributed by atoms with Gasteiger partial charge in [0.15, 0.2) is 5.76 Å². The van der Waals surface area contributed by atoms with Crippen molar-refractivity contribution in [2.75, 3.05) is 40.5 Å². The van der Waals surface area contributed by atoms with E-state index in [1.807, 2.05) is 17.5 Å². The van der Waals surface area contributed by atoms with E-state index in [1.165, 1.54) is 26.3 Å². The summed E-state index contributed by atoms with van der Waals surface area (Å²) in [4.78, 5) is 13.3. The van der Waals surface area contributed by atoms with E-state index in [-0.39, 0.29) is 48.8 Å². The molecule has 0 radical (unpaired) electrons. The average Bonchev–Trinajstić information content (AvgIpc) is 3.38. The number of carbonyl (C=O) groups is 1. The highest BCUT2D eigenvalue weighted by Crippen LogP contribution is 2.33. The van der Waals surface area contributed by atoms with Crippen LogP contribution in [0.4, 0.5) is 0 Å². The predicted octanol–water partition coefficient (Wildman–Crippen LogP) is 1.92. The first-order chi connectivity index (χ1) is 15.9.